The molecule has 1 aromatic rings. The van der Waals surface area contributed by atoms with Gasteiger partial charge in [-0.15, -0.1) is 0 Å². The van der Waals surface area contributed by atoms with Crippen molar-refractivity contribution in [2.45, 2.75) is 46.2 Å². The second kappa shape index (κ2) is 11.3. The number of carbonyl (C=O) groups is 4. The Morgan fingerprint density at radius 3 is 2.45 bits per heavy atom. The molecule has 31 heavy (non-hydrogen) atoms. The quantitative estimate of drug-likeness (QED) is 0.504. The minimum atomic E-state index is -0.884. The van der Waals surface area contributed by atoms with E-state index < -0.39 is 12.0 Å². The van der Waals surface area contributed by atoms with E-state index in [4.69, 9.17) is 4.74 Å². The number of hydrogen-bond donors (Lipinski definition) is 3. The third-order valence-electron chi connectivity index (χ3n) is 4.60. The first kappa shape index (κ1) is 24.2. The van der Waals surface area contributed by atoms with Gasteiger partial charge in [-0.1, -0.05) is 13.8 Å². The zero-order chi connectivity index (χ0) is 23.0. The number of ether oxygens (including phenoxy) is 1. The third kappa shape index (κ3) is 7.58. The highest BCUT2D eigenvalue weighted by atomic mass is 16.5. The largest absolute Gasteiger partial charge is 0.465 e. The van der Waals surface area contributed by atoms with E-state index in [2.05, 4.69) is 16.0 Å². The van der Waals surface area contributed by atoms with Crippen molar-refractivity contribution in [1.29, 1.82) is 0 Å². The molecule has 1 atom stereocenters. The summed E-state index contributed by atoms with van der Waals surface area (Å²) in [6, 6.07) is 5.93. The van der Waals surface area contributed by atoms with Crippen molar-refractivity contribution in [1.82, 2.24) is 15.5 Å². The normalized spacial score (nSPS) is 16.1. The van der Waals surface area contributed by atoms with Gasteiger partial charge in [-0.3, -0.25) is 19.2 Å². The smallest absolute Gasteiger partial charge is 0.308 e. The van der Waals surface area contributed by atoms with Gasteiger partial charge in [0.05, 0.1) is 19.6 Å². The summed E-state index contributed by atoms with van der Waals surface area (Å²) in [6.07, 6.45) is -0.177. The first-order valence-corrected chi connectivity index (χ1v) is 10.5. The van der Waals surface area contributed by atoms with Gasteiger partial charge in [-0.2, -0.15) is 0 Å². The van der Waals surface area contributed by atoms with E-state index in [1.807, 2.05) is 27.7 Å². The molecule has 0 aliphatic carbocycles. The Balaban J connectivity index is 1.93. The minimum absolute atomic E-state index is 0.0393. The Morgan fingerprint density at radius 1 is 1.16 bits per heavy atom. The summed E-state index contributed by atoms with van der Waals surface area (Å²) in [5.74, 6) is -1.13. The second-order valence-corrected chi connectivity index (χ2v) is 8.23. The fourth-order valence-electron chi connectivity index (χ4n) is 3.06. The van der Waals surface area contributed by atoms with E-state index in [0.717, 1.165) is 0 Å². The van der Waals surface area contributed by atoms with Crippen LogP contribution in [0.25, 0.3) is 0 Å². The molecule has 9 nitrogen and oxygen atoms in total. The van der Waals surface area contributed by atoms with Gasteiger partial charge in [0, 0.05) is 30.4 Å². The molecule has 2 rings (SSSR count). The number of amides is 3. The number of carbonyl (C=O) groups excluding carboxylic acids is 4. The zero-order valence-electron chi connectivity index (χ0n) is 18.6. The Kier molecular flexibility index (Phi) is 8.84. The lowest BCUT2D eigenvalue weighted by Gasteiger charge is -2.34. The fourth-order valence-corrected chi connectivity index (χ4v) is 3.06. The van der Waals surface area contributed by atoms with Crippen molar-refractivity contribution in [2.75, 3.05) is 31.6 Å². The third-order valence-corrected chi connectivity index (χ3v) is 4.60. The van der Waals surface area contributed by atoms with Crippen molar-refractivity contribution in [2.24, 2.45) is 5.92 Å². The lowest BCUT2D eigenvalue weighted by molar-refractivity contribution is -0.152. The van der Waals surface area contributed by atoms with Crippen molar-refractivity contribution in [3.63, 3.8) is 0 Å². The maximum Gasteiger partial charge on any atom is 0.308 e. The highest BCUT2D eigenvalue weighted by Gasteiger charge is 2.35. The number of benzene rings is 1. The number of nitrogens with zero attached hydrogens (tertiary/aromatic N) is 1. The average Bonchev–Trinajstić information content (AvgIpc) is 2.71. The Bertz CT molecular complexity index is 792. The predicted molar refractivity (Wildman–Crippen MR) is 116 cm³/mol. The fraction of sp³-hybridized carbons (Fsp3) is 0.545. The molecular formula is C22H32N4O5. The zero-order valence-corrected chi connectivity index (χ0v) is 18.6. The molecular weight excluding hydrogens is 400 g/mol. The maximum absolute atomic E-state index is 12.7. The second-order valence-electron chi connectivity index (χ2n) is 8.23. The van der Waals surface area contributed by atoms with Gasteiger partial charge in [0.15, 0.2) is 0 Å². The summed E-state index contributed by atoms with van der Waals surface area (Å²) in [4.78, 5) is 50.5. The Morgan fingerprint density at radius 2 is 1.84 bits per heavy atom. The molecule has 1 heterocycles. The molecule has 1 fully saturated rings. The first-order chi connectivity index (χ1) is 14.7. The van der Waals surface area contributed by atoms with Crippen molar-refractivity contribution in [3.8, 4) is 0 Å². The number of piperazine rings is 1. The first-order valence-electron chi connectivity index (χ1n) is 10.5. The summed E-state index contributed by atoms with van der Waals surface area (Å²) in [6.45, 7) is 8.51. The lowest BCUT2D eigenvalue weighted by Crippen LogP contribution is -2.58. The van der Waals surface area contributed by atoms with Crippen LogP contribution in [0.1, 0.15) is 44.5 Å². The molecule has 0 bridgehead atoms. The van der Waals surface area contributed by atoms with Crippen LogP contribution in [0.4, 0.5) is 5.69 Å². The van der Waals surface area contributed by atoms with E-state index >= 15 is 0 Å². The summed E-state index contributed by atoms with van der Waals surface area (Å²) in [5, 5.41) is 8.51. The number of esters is 1. The van der Waals surface area contributed by atoms with E-state index in [1.54, 1.807) is 24.3 Å². The van der Waals surface area contributed by atoms with Crippen molar-refractivity contribution in [3.05, 3.63) is 29.8 Å². The summed E-state index contributed by atoms with van der Waals surface area (Å²) in [7, 11) is 0. The van der Waals surface area contributed by atoms with Gasteiger partial charge < -0.3 is 25.6 Å². The van der Waals surface area contributed by atoms with E-state index in [1.165, 1.54) is 4.90 Å². The van der Waals surface area contributed by atoms with Gasteiger partial charge in [0.2, 0.25) is 11.8 Å². The molecule has 1 aromatic carbocycles. The number of nitrogens with one attached hydrogen (secondary N) is 3. The molecule has 9 heteroatoms. The van der Waals surface area contributed by atoms with Gasteiger partial charge in [-0.25, -0.2) is 0 Å². The molecule has 1 aliphatic rings. The topological polar surface area (TPSA) is 117 Å². The number of rotatable bonds is 9. The summed E-state index contributed by atoms with van der Waals surface area (Å²) in [5.41, 5.74) is 1.20. The predicted octanol–water partition coefficient (Wildman–Crippen LogP) is 1.15. The Hall–Kier alpha value is -3.10. The van der Waals surface area contributed by atoms with Gasteiger partial charge in [0.25, 0.3) is 5.91 Å². The molecule has 1 unspecified atom stereocenters. The van der Waals surface area contributed by atoms with E-state index in [-0.39, 0.29) is 49.3 Å². The molecule has 0 radical (unpaired) electrons. The van der Waals surface area contributed by atoms with Gasteiger partial charge in [0.1, 0.15) is 6.04 Å². The van der Waals surface area contributed by atoms with Gasteiger partial charge >= 0.3 is 5.97 Å². The summed E-state index contributed by atoms with van der Waals surface area (Å²) >= 11 is 0. The van der Waals surface area contributed by atoms with Crippen LogP contribution in [-0.2, 0) is 19.1 Å². The molecule has 170 valence electrons. The average molecular weight is 433 g/mol. The molecule has 0 saturated carbocycles. The SMILES string of the molecule is CC(C)COC(=O)CC1C(=O)NCCN1C(=O)CNc1ccc(C(=O)NC(C)C)cc1. The van der Waals surface area contributed by atoms with Crippen LogP contribution < -0.4 is 16.0 Å². The molecule has 1 saturated heterocycles. The maximum atomic E-state index is 12.7. The van der Waals surface area contributed by atoms with Crippen LogP contribution in [-0.4, -0.2) is 66.9 Å². The van der Waals surface area contributed by atoms with Crippen LogP contribution in [0.2, 0.25) is 0 Å². The number of hydrogen-bond acceptors (Lipinski definition) is 6. The van der Waals surface area contributed by atoms with Gasteiger partial charge in [-0.05, 0) is 44.0 Å². The van der Waals surface area contributed by atoms with Crippen LogP contribution in [0.15, 0.2) is 24.3 Å². The molecule has 0 aromatic heterocycles. The Labute approximate surface area is 182 Å². The molecule has 3 amide bonds. The molecule has 0 spiro atoms. The molecule has 1 aliphatic heterocycles. The summed E-state index contributed by atoms with van der Waals surface area (Å²) < 4.78 is 5.16. The lowest BCUT2D eigenvalue weighted by atomic mass is 10.1. The standard InChI is InChI=1S/C22H32N4O5/c1-14(2)13-31-20(28)11-18-22(30)23-9-10-26(18)19(27)12-24-17-7-5-16(6-8-17)21(29)25-15(3)4/h5-8,14-15,18,24H,9-13H2,1-4H3,(H,23,30)(H,25,29). The van der Waals surface area contributed by atoms with Crippen molar-refractivity contribution < 1.29 is 23.9 Å². The van der Waals surface area contributed by atoms with Crippen LogP contribution >= 0.6 is 0 Å². The number of anilines is 1. The van der Waals surface area contributed by atoms with E-state index in [9.17, 15) is 19.2 Å². The highest BCUT2D eigenvalue weighted by molar-refractivity contribution is 5.95. The monoisotopic (exact) mass is 432 g/mol. The van der Waals surface area contributed by atoms with Crippen LogP contribution in [0.3, 0.4) is 0 Å². The van der Waals surface area contributed by atoms with Crippen LogP contribution in [0.5, 0.6) is 0 Å². The highest BCUT2D eigenvalue weighted by Crippen LogP contribution is 2.13. The van der Waals surface area contributed by atoms with Crippen molar-refractivity contribution >= 4 is 29.4 Å². The van der Waals surface area contributed by atoms with E-state index in [0.29, 0.717) is 24.3 Å². The van der Waals surface area contributed by atoms with Crippen LogP contribution in [0, 0.1) is 5.92 Å². The minimum Gasteiger partial charge on any atom is -0.465 e. The molecule has 3 N–H and O–H groups in total.